The first kappa shape index (κ1) is 30.9. The van der Waals surface area contributed by atoms with Crippen molar-refractivity contribution >= 4 is 23.4 Å². The van der Waals surface area contributed by atoms with Crippen LogP contribution in [0.15, 0.2) is 78.9 Å². The van der Waals surface area contributed by atoms with E-state index >= 15 is 0 Å². The van der Waals surface area contributed by atoms with Crippen LogP contribution in [-0.4, -0.2) is 65.9 Å². The molecule has 0 saturated carbocycles. The van der Waals surface area contributed by atoms with Crippen LogP contribution in [0.3, 0.4) is 0 Å². The Morgan fingerprint density at radius 2 is 1.56 bits per heavy atom. The van der Waals surface area contributed by atoms with E-state index in [0.717, 1.165) is 17.7 Å². The van der Waals surface area contributed by atoms with E-state index < -0.39 is 17.0 Å². The number of aliphatic carboxylic acids is 1. The second-order valence-electron chi connectivity index (χ2n) is 9.07. The predicted molar refractivity (Wildman–Crippen MR) is 154 cm³/mol. The molecule has 1 unspecified atom stereocenters. The predicted octanol–water partition coefficient (Wildman–Crippen LogP) is 5.40. The van der Waals surface area contributed by atoms with Crippen LogP contribution in [-0.2, 0) is 16.0 Å². The smallest absolute Gasteiger partial charge is 0.333 e. The Labute approximate surface area is 238 Å². The molecule has 218 valence electrons. The van der Waals surface area contributed by atoms with Crippen molar-refractivity contribution in [2.24, 2.45) is 0 Å². The zero-order chi connectivity index (χ0) is 29.5. The molecule has 0 aromatic heterocycles. The number of unbranched alkanes of at least 4 members (excludes halogenated alkanes) is 1. The average molecular weight is 566 g/mol. The van der Waals surface area contributed by atoms with Gasteiger partial charge in [0.05, 0.1) is 18.1 Å². The number of carbonyl (C=O) groups excluding carboxylic acids is 1. The van der Waals surface area contributed by atoms with E-state index in [9.17, 15) is 24.8 Å². The van der Waals surface area contributed by atoms with E-state index in [1.165, 1.54) is 24.3 Å². The van der Waals surface area contributed by atoms with Gasteiger partial charge in [0.1, 0.15) is 18.1 Å². The van der Waals surface area contributed by atoms with E-state index in [4.69, 9.17) is 14.2 Å². The zero-order valence-corrected chi connectivity index (χ0v) is 22.9. The molecule has 0 aliphatic heterocycles. The molecule has 11 nitrogen and oxygen atoms in total. The number of carboxylic acids is 1. The molecule has 0 aliphatic carbocycles. The first-order valence-electron chi connectivity index (χ1n) is 13.4. The van der Waals surface area contributed by atoms with Gasteiger partial charge in [-0.15, -0.1) is 0 Å². The third kappa shape index (κ3) is 10.8. The van der Waals surface area contributed by atoms with Gasteiger partial charge in [-0.3, -0.25) is 10.1 Å². The lowest BCUT2D eigenvalue weighted by Crippen LogP contribution is -2.38. The Morgan fingerprint density at radius 3 is 2.20 bits per heavy atom. The van der Waals surface area contributed by atoms with Crippen LogP contribution in [0.4, 0.5) is 16.2 Å². The standard InChI is InChI=1S/C30H35N3O8/c1-2-39-28(29(34)35)22-23-10-16-27(17-11-23)41-21-19-32(18-6-7-20-40-26-8-4-3-5-9-26)30(36)31-24-12-14-25(15-13-24)33(37)38/h3-5,8-17,28H,2,6-7,18-22H2,1H3,(H,31,36)(H,34,35). The number of nitrogens with one attached hydrogen (secondary N) is 1. The topological polar surface area (TPSA) is 140 Å². The number of nitro groups is 1. The Bertz CT molecular complexity index is 1240. The first-order chi connectivity index (χ1) is 19.9. The summed E-state index contributed by atoms with van der Waals surface area (Å²) < 4.78 is 16.9. The van der Waals surface area contributed by atoms with Gasteiger partial charge in [-0.1, -0.05) is 30.3 Å². The Hall–Kier alpha value is -4.64. The molecule has 0 aliphatic rings. The van der Waals surface area contributed by atoms with Crippen molar-refractivity contribution in [3.63, 3.8) is 0 Å². The molecule has 2 amide bonds. The number of non-ortho nitro benzene ring substituents is 1. The highest BCUT2D eigenvalue weighted by molar-refractivity contribution is 5.89. The lowest BCUT2D eigenvalue weighted by Gasteiger charge is -2.23. The minimum Gasteiger partial charge on any atom is -0.494 e. The number of hydrogen-bond acceptors (Lipinski definition) is 7. The maximum absolute atomic E-state index is 13.0. The van der Waals surface area contributed by atoms with Crippen LogP contribution in [0.2, 0.25) is 0 Å². The number of hydrogen-bond donors (Lipinski definition) is 2. The number of amides is 2. The molecule has 0 bridgehead atoms. The molecule has 11 heteroatoms. The summed E-state index contributed by atoms with van der Waals surface area (Å²) in [5, 5.41) is 23.0. The van der Waals surface area contributed by atoms with Crippen LogP contribution in [0.5, 0.6) is 11.5 Å². The highest BCUT2D eigenvalue weighted by Gasteiger charge is 2.18. The van der Waals surface area contributed by atoms with E-state index in [0.29, 0.717) is 44.2 Å². The van der Waals surface area contributed by atoms with Crippen molar-refractivity contribution in [2.75, 3.05) is 38.2 Å². The van der Waals surface area contributed by atoms with Crippen LogP contribution < -0.4 is 14.8 Å². The molecule has 0 fully saturated rings. The normalized spacial score (nSPS) is 11.3. The molecule has 1 atom stereocenters. The molecule has 0 heterocycles. The van der Waals surface area contributed by atoms with Crippen molar-refractivity contribution in [1.29, 1.82) is 0 Å². The van der Waals surface area contributed by atoms with Gasteiger partial charge in [0.25, 0.3) is 5.69 Å². The number of rotatable bonds is 17. The van der Waals surface area contributed by atoms with Crippen molar-refractivity contribution < 1.29 is 33.8 Å². The quantitative estimate of drug-likeness (QED) is 0.126. The number of carbonyl (C=O) groups is 2. The summed E-state index contributed by atoms with van der Waals surface area (Å²) in [6.45, 7) is 3.55. The molecule has 0 radical (unpaired) electrons. The van der Waals surface area contributed by atoms with Gasteiger partial charge in [0.2, 0.25) is 0 Å². The monoisotopic (exact) mass is 565 g/mol. The Kier molecular flexibility index (Phi) is 12.4. The third-order valence-corrected chi connectivity index (χ3v) is 6.07. The highest BCUT2D eigenvalue weighted by atomic mass is 16.6. The number of carboxylic acid groups (broad SMARTS) is 1. The summed E-state index contributed by atoms with van der Waals surface area (Å²) in [6.07, 6.45) is 0.762. The van der Waals surface area contributed by atoms with Crippen LogP contribution in [0.1, 0.15) is 25.3 Å². The first-order valence-corrected chi connectivity index (χ1v) is 13.4. The summed E-state index contributed by atoms with van der Waals surface area (Å²) in [7, 11) is 0. The summed E-state index contributed by atoms with van der Waals surface area (Å²) in [6, 6.07) is 21.9. The van der Waals surface area contributed by atoms with Gasteiger partial charge >= 0.3 is 12.0 Å². The largest absolute Gasteiger partial charge is 0.494 e. The maximum Gasteiger partial charge on any atom is 0.333 e. The number of para-hydroxylation sites is 1. The molecule has 3 rings (SSSR count). The van der Waals surface area contributed by atoms with Gasteiger partial charge in [-0.2, -0.15) is 0 Å². The summed E-state index contributed by atoms with van der Waals surface area (Å²) in [4.78, 5) is 36.4. The fourth-order valence-electron chi connectivity index (χ4n) is 3.92. The second kappa shape index (κ2) is 16.5. The molecule has 0 saturated heterocycles. The number of ether oxygens (including phenoxy) is 3. The fraction of sp³-hybridized carbons (Fsp3) is 0.333. The summed E-state index contributed by atoms with van der Waals surface area (Å²) in [5.41, 5.74) is 1.19. The second-order valence-corrected chi connectivity index (χ2v) is 9.07. The SMILES string of the molecule is CCOC(Cc1ccc(OCCN(CCCCOc2ccccc2)C(=O)Nc2ccc([N+](=O)[O-])cc2)cc1)C(=O)O. The van der Waals surface area contributed by atoms with Crippen molar-refractivity contribution in [2.45, 2.75) is 32.3 Å². The number of anilines is 1. The Morgan fingerprint density at radius 1 is 0.902 bits per heavy atom. The molecule has 3 aromatic carbocycles. The lowest BCUT2D eigenvalue weighted by atomic mass is 10.1. The van der Waals surface area contributed by atoms with E-state index in [1.54, 1.807) is 36.1 Å². The van der Waals surface area contributed by atoms with Crippen molar-refractivity contribution in [3.8, 4) is 11.5 Å². The summed E-state index contributed by atoms with van der Waals surface area (Å²) in [5.74, 6) is 0.367. The van der Waals surface area contributed by atoms with Gasteiger partial charge in [-0.25, -0.2) is 9.59 Å². The van der Waals surface area contributed by atoms with Gasteiger partial charge in [0.15, 0.2) is 6.10 Å². The minimum atomic E-state index is -1.01. The Balaban J connectivity index is 1.53. The van der Waals surface area contributed by atoms with Crippen LogP contribution in [0, 0.1) is 10.1 Å². The molecular weight excluding hydrogens is 530 g/mol. The van der Waals surface area contributed by atoms with Crippen LogP contribution in [0.25, 0.3) is 0 Å². The number of nitro benzene ring substituents is 1. The van der Waals surface area contributed by atoms with E-state index in [2.05, 4.69) is 5.32 Å². The zero-order valence-electron chi connectivity index (χ0n) is 22.9. The average Bonchev–Trinajstić information content (AvgIpc) is 2.97. The number of urea groups is 1. The molecular formula is C30H35N3O8. The van der Waals surface area contributed by atoms with E-state index in [-0.39, 0.29) is 24.7 Å². The lowest BCUT2D eigenvalue weighted by molar-refractivity contribution is -0.384. The highest BCUT2D eigenvalue weighted by Crippen LogP contribution is 2.17. The van der Waals surface area contributed by atoms with E-state index in [1.807, 2.05) is 30.3 Å². The van der Waals surface area contributed by atoms with Gasteiger partial charge in [0, 0.05) is 37.4 Å². The van der Waals surface area contributed by atoms with Crippen molar-refractivity contribution in [3.05, 3.63) is 94.5 Å². The van der Waals surface area contributed by atoms with Crippen molar-refractivity contribution in [1.82, 2.24) is 4.90 Å². The number of benzene rings is 3. The molecule has 0 spiro atoms. The minimum absolute atomic E-state index is 0.0611. The van der Waals surface area contributed by atoms with Gasteiger partial charge in [-0.05, 0) is 61.7 Å². The maximum atomic E-state index is 13.0. The van der Waals surface area contributed by atoms with Crippen LogP contribution >= 0.6 is 0 Å². The molecule has 2 N–H and O–H groups in total. The fourth-order valence-corrected chi connectivity index (χ4v) is 3.92. The molecule has 3 aromatic rings. The van der Waals surface area contributed by atoms with Gasteiger partial charge < -0.3 is 29.5 Å². The summed E-state index contributed by atoms with van der Waals surface area (Å²) >= 11 is 0. The molecule has 41 heavy (non-hydrogen) atoms. The number of nitrogens with zero attached hydrogens (tertiary/aromatic N) is 2. The third-order valence-electron chi connectivity index (χ3n) is 6.07.